The molecule has 0 aliphatic carbocycles. The van der Waals surface area contributed by atoms with Gasteiger partial charge in [-0.2, -0.15) is 0 Å². The Morgan fingerprint density at radius 2 is 1.95 bits per heavy atom. The number of ether oxygens (including phenoxy) is 1. The van der Waals surface area contributed by atoms with Crippen molar-refractivity contribution >= 4 is 0 Å². The van der Waals surface area contributed by atoms with Crippen molar-refractivity contribution in [3.8, 4) is 5.75 Å². The van der Waals surface area contributed by atoms with Gasteiger partial charge in [0.15, 0.2) is 0 Å². The highest BCUT2D eigenvalue weighted by Crippen LogP contribution is 2.13. The fraction of sp³-hybridized carbons (Fsp3) is 0.294. The van der Waals surface area contributed by atoms with Gasteiger partial charge in [-0.15, -0.1) is 0 Å². The Kier molecular flexibility index (Phi) is 5.56. The van der Waals surface area contributed by atoms with E-state index in [2.05, 4.69) is 11.4 Å². The molecule has 0 saturated carbocycles. The lowest BCUT2D eigenvalue weighted by Crippen LogP contribution is -2.17. The standard InChI is InChI=1S/C17H20FNO/c1-2-20-16-8-5-6-14(12-16)13-19-11-10-15-7-3-4-9-17(15)18/h3-9,12,19H,2,10-11,13H2,1H3. The van der Waals surface area contributed by atoms with Gasteiger partial charge in [-0.1, -0.05) is 30.3 Å². The lowest BCUT2D eigenvalue weighted by atomic mass is 10.1. The van der Waals surface area contributed by atoms with Gasteiger partial charge in [-0.25, -0.2) is 4.39 Å². The first-order valence-electron chi connectivity index (χ1n) is 6.95. The van der Waals surface area contributed by atoms with E-state index in [0.717, 1.165) is 24.4 Å². The van der Waals surface area contributed by atoms with Gasteiger partial charge < -0.3 is 10.1 Å². The van der Waals surface area contributed by atoms with Gasteiger partial charge in [0, 0.05) is 6.54 Å². The maximum atomic E-state index is 13.4. The minimum atomic E-state index is -0.132. The van der Waals surface area contributed by atoms with Crippen LogP contribution in [0, 0.1) is 5.82 Å². The van der Waals surface area contributed by atoms with Crippen LogP contribution in [0.5, 0.6) is 5.75 Å². The van der Waals surface area contributed by atoms with Crippen LogP contribution >= 0.6 is 0 Å². The van der Waals surface area contributed by atoms with Gasteiger partial charge in [0.2, 0.25) is 0 Å². The lowest BCUT2D eigenvalue weighted by molar-refractivity contribution is 0.340. The Morgan fingerprint density at radius 3 is 2.75 bits per heavy atom. The fourth-order valence-electron chi connectivity index (χ4n) is 2.07. The second-order valence-electron chi connectivity index (χ2n) is 4.60. The molecular formula is C17H20FNO. The maximum Gasteiger partial charge on any atom is 0.126 e. The topological polar surface area (TPSA) is 21.3 Å². The Hall–Kier alpha value is -1.87. The van der Waals surface area contributed by atoms with Crippen LogP contribution in [0.4, 0.5) is 4.39 Å². The number of nitrogens with one attached hydrogen (secondary N) is 1. The molecule has 0 aromatic heterocycles. The molecule has 0 aliphatic heterocycles. The predicted octanol–water partition coefficient (Wildman–Crippen LogP) is 3.56. The summed E-state index contributed by atoms with van der Waals surface area (Å²) in [7, 11) is 0. The van der Waals surface area contributed by atoms with E-state index >= 15 is 0 Å². The molecule has 0 atom stereocenters. The third-order valence-corrected chi connectivity index (χ3v) is 3.07. The molecule has 2 rings (SSSR count). The fourth-order valence-corrected chi connectivity index (χ4v) is 2.07. The molecule has 2 nitrogen and oxygen atoms in total. The van der Waals surface area contributed by atoms with Crippen molar-refractivity contribution in [3.05, 3.63) is 65.5 Å². The molecule has 0 heterocycles. The molecule has 0 saturated heterocycles. The first-order chi connectivity index (χ1) is 9.79. The normalized spacial score (nSPS) is 10.5. The molecule has 0 aliphatic rings. The number of hydrogen-bond donors (Lipinski definition) is 1. The quantitative estimate of drug-likeness (QED) is 0.779. The number of hydrogen-bond acceptors (Lipinski definition) is 2. The van der Waals surface area contributed by atoms with E-state index in [9.17, 15) is 4.39 Å². The molecule has 3 heteroatoms. The average Bonchev–Trinajstić information content (AvgIpc) is 2.46. The molecule has 0 radical (unpaired) electrons. The molecule has 0 fully saturated rings. The molecule has 0 unspecified atom stereocenters. The van der Waals surface area contributed by atoms with Crippen LogP contribution in [0.15, 0.2) is 48.5 Å². The zero-order valence-electron chi connectivity index (χ0n) is 11.7. The summed E-state index contributed by atoms with van der Waals surface area (Å²) in [6.45, 7) is 4.15. The molecule has 1 N–H and O–H groups in total. The van der Waals surface area contributed by atoms with Gasteiger partial charge in [0.1, 0.15) is 11.6 Å². The monoisotopic (exact) mass is 273 g/mol. The first-order valence-corrected chi connectivity index (χ1v) is 6.95. The summed E-state index contributed by atoms with van der Waals surface area (Å²) in [6, 6.07) is 14.9. The van der Waals surface area contributed by atoms with E-state index in [0.29, 0.717) is 13.0 Å². The summed E-state index contributed by atoms with van der Waals surface area (Å²) in [6.07, 6.45) is 0.692. The molecule has 0 spiro atoms. The SMILES string of the molecule is CCOc1cccc(CNCCc2ccccc2F)c1. The van der Waals surface area contributed by atoms with Crippen LogP contribution in [0.3, 0.4) is 0 Å². The minimum absolute atomic E-state index is 0.132. The van der Waals surface area contributed by atoms with Gasteiger partial charge in [0.05, 0.1) is 6.61 Å². The van der Waals surface area contributed by atoms with E-state index < -0.39 is 0 Å². The van der Waals surface area contributed by atoms with E-state index in [4.69, 9.17) is 4.74 Å². The van der Waals surface area contributed by atoms with E-state index in [1.807, 2.05) is 37.3 Å². The average molecular weight is 273 g/mol. The number of halogens is 1. The van der Waals surface area contributed by atoms with Crippen molar-refractivity contribution < 1.29 is 9.13 Å². The summed E-state index contributed by atoms with van der Waals surface area (Å²) in [5, 5.41) is 3.32. The van der Waals surface area contributed by atoms with Crippen LogP contribution < -0.4 is 10.1 Å². The number of benzene rings is 2. The molecule has 106 valence electrons. The Bertz CT molecular complexity index is 542. The van der Waals surface area contributed by atoms with E-state index in [1.54, 1.807) is 6.07 Å². The first kappa shape index (κ1) is 14.5. The van der Waals surface area contributed by atoms with Crippen molar-refractivity contribution in [3.63, 3.8) is 0 Å². The highest BCUT2D eigenvalue weighted by molar-refractivity contribution is 5.28. The van der Waals surface area contributed by atoms with Gasteiger partial charge in [-0.05, 0) is 49.2 Å². The van der Waals surface area contributed by atoms with Crippen molar-refractivity contribution in [1.82, 2.24) is 5.32 Å². The van der Waals surface area contributed by atoms with Crippen molar-refractivity contribution in [1.29, 1.82) is 0 Å². The molecular weight excluding hydrogens is 253 g/mol. The highest BCUT2D eigenvalue weighted by atomic mass is 19.1. The zero-order chi connectivity index (χ0) is 14.2. The summed E-state index contributed by atoms with van der Waals surface area (Å²) in [5.74, 6) is 0.758. The summed E-state index contributed by atoms with van der Waals surface area (Å²) >= 11 is 0. The Morgan fingerprint density at radius 1 is 1.10 bits per heavy atom. The van der Waals surface area contributed by atoms with Crippen LogP contribution in [0.2, 0.25) is 0 Å². The largest absolute Gasteiger partial charge is 0.494 e. The number of rotatable bonds is 7. The van der Waals surface area contributed by atoms with Crippen molar-refractivity contribution in [2.75, 3.05) is 13.2 Å². The molecule has 0 bridgehead atoms. The van der Waals surface area contributed by atoms with Gasteiger partial charge >= 0.3 is 0 Å². The van der Waals surface area contributed by atoms with Crippen LogP contribution in [-0.2, 0) is 13.0 Å². The Labute approximate surface area is 119 Å². The van der Waals surface area contributed by atoms with E-state index in [-0.39, 0.29) is 5.82 Å². The van der Waals surface area contributed by atoms with Gasteiger partial charge in [0.25, 0.3) is 0 Å². The van der Waals surface area contributed by atoms with Crippen LogP contribution in [0.25, 0.3) is 0 Å². The van der Waals surface area contributed by atoms with Crippen molar-refractivity contribution in [2.45, 2.75) is 19.9 Å². The third kappa shape index (κ3) is 4.35. The molecule has 20 heavy (non-hydrogen) atoms. The second-order valence-corrected chi connectivity index (χ2v) is 4.60. The van der Waals surface area contributed by atoms with Crippen LogP contribution in [0.1, 0.15) is 18.1 Å². The molecule has 0 amide bonds. The predicted molar refractivity (Wildman–Crippen MR) is 79.4 cm³/mol. The third-order valence-electron chi connectivity index (χ3n) is 3.07. The summed E-state index contributed by atoms with van der Waals surface area (Å²) in [5.41, 5.74) is 1.92. The lowest BCUT2D eigenvalue weighted by Gasteiger charge is -2.08. The summed E-state index contributed by atoms with van der Waals surface area (Å²) < 4.78 is 18.9. The minimum Gasteiger partial charge on any atom is -0.494 e. The van der Waals surface area contributed by atoms with Gasteiger partial charge in [-0.3, -0.25) is 0 Å². The highest BCUT2D eigenvalue weighted by Gasteiger charge is 2.00. The smallest absolute Gasteiger partial charge is 0.126 e. The maximum absolute atomic E-state index is 13.4. The second kappa shape index (κ2) is 7.65. The van der Waals surface area contributed by atoms with Crippen molar-refractivity contribution in [2.24, 2.45) is 0 Å². The molecule has 2 aromatic rings. The zero-order valence-corrected chi connectivity index (χ0v) is 11.7. The van der Waals surface area contributed by atoms with E-state index in [1.165, 1.54) is 11.6 Å². The Balaban J connectivity index is 1.78. The van der Waals surface area contributed by atoms with Crippen LogP contribution in [-0.4, -0.2) is 13.2 Å². The summed E-state index contributed by atoms with van der Waals surface area (Å²) in [4.78, 5) is 0. The molecule has 2 aromatic carbocycles.